The number of benzene rings is 2. The van der Waals surface area contributed by atoms with E-state index in [4.69, 9.17) is 0 Å². The molecule has 144 valence electrons. The molecular weight excluding hydrogens is 352 g/mol. The summed E-state index contributed by atoms with van der Waals surface area (Å²) in [5.41, 5.74) is 1.85. The molecule has 1 aliphatic rings. The molecule has 1 saturated carbocycles. The fourth-order valence-electron chi connectivity index (χ4n) is 3.77. The van der Waals surface area contributed by atoms with Crippen molar-refractivity contribution in [3.05, 3.63) is 59.7 Å². The molecule has 0 amide bonds. The summed E-state index contributed by atoms with van der Waals surface area (Å²) in [5, 5.41) is 33.8. The fraction of sp³-hybridized carbons (Fsp3) is 0.364. The SMILES string of the molecule is CC(O)(CC(O)Nc1nc2ccc(C#N)cc2n1C1CCC1)c1ccccc1. The van der Waals surface area contributed by atoms with Gasteiger partial charge in [-0.15, -0.1) is 0 Å². The second-order valence-electron chi connectivity index (χ2n) is 7.71. The van der Waals surface area contributed by atoms with E-state index in [1.54, 1.807) is 13.0 Å². The predicted molar refractivity (Wildman–Crippen MR) is 108 cm³/mol. The number of fused-ring (bicyclic) bond motifs is 1. The van der Waals surface area contributed by atoms with E-state index >= 15 is 0 Å². The number of aromatic nitrogens is 2. The molecule has 0 aliphatic heterocycles. The van der Waals surface area contributed by atoms with Gasteiger partial charge in [0.15, 0.2) is 0 Å². The van der Waals surface area contributed by atoms with E-state index in [9.17, 15) is 15.5 Å². The monoisotopic (exact) mass is 376 g/mol. The minimum absolute atomic E-state index is 0.119. The third-order valence-corrected chi connectivity index (χ3v) is 5.54. The normalized spacial score (nSPS) is 17.5. The summed E-state index contributed by atoms with van der Waals surface area (Å²) in [6, 6.07) is 17.2. The van der Waals surface area contributed by atoms with Crippen molar-refractivity contribution in [2.45, 2.75) is 50.5 Å². The van der Waals surface area contributed by atoms with Gasteiger partial charge < -0.3 is 20.1 Å². The standard InChI is InChI=1S/C22H24N4O2/c1-22(28,16-6-3-2-4-7-16)13-20(27)25-21-24-18-11-10-15(14-23)12-19(18)26(21)17-8-5-9-17/h2-4,6-7,10-12,17,20,27-28H,5,8-9,13H2,1H3,(H,24,25). The van der Waals surface area contributed by atoms with Crippen molar-refractivity contribution in [2.75, 3.05) is 5.32 Å². The van der Waals surface area contributed by atoms with Gasteiger partial charge in [0, 0.05) is 12.5 Å². The average Bonchev–Trinajstić information content (AvgIpc) is 2.97. The van der Waals surface area contributed by atoms with Gasteiger partial charge in [-0.2, -0.15) is 5.26 Å². The molecule has 6 nitrogen and oxygen atoms in total. The van der Waals surface area contributed by atoms with E-state index in [1.807, 2.05) is 42.5 Å². The predicted octanol–water partition coefficient (Wildman–Crippen LogP) is 3.66. The molecule has 0 bridgehead atoms. The molecule has 2 atom stereocenters. The van der Waals surface area contributed by atoms with Gasteiger partial charge in [-0.1, -0.05) is 30.3 Å². The van der Waals surface area contributed by atoms with Crippen LogP contribution in [0, 0.1) is 11.3 Å². The van der Waals surface area contributed by atoms with Crippen LogP contribution in [0.2, 0.25) is 0 Å². The van der Waals surface area contributed by atoms with Gasteiger partial charge in [-0.25, -0.2) is 4.98 Å². The third kappa shape index (κ3) is 3.47. The summed E-state index contributed by atoms with van der Waals surface area (Å²) < 4.78 is 2.08. The molecule has 28 heavy (non-hydrogen) atoms. The molecule has 2 aromatic carbocycles. The van der Waals surface area contributed by atoms with Crippen LogP contribution in [0.15, 0.2) is 48.5 Å². The summed E-state index contributed by atoms with van der Waals surface area (Å²) in [6.07, 6.45) is 2.41. The highest BCUT2D eigenvalue weighted by atomic mass is 16.3. The molecule has 1 heterocycles. The Kier molecular flexibility index (Phi) is 4.80. The minimum atomic E-state index is -1.17. The molecule has 3 aromatic rings. The lowest BCUT2D eigenvalue weighted by Gasteiger charge is -2.31. The Balaban J connectivity index is 1.61. The maximum Gasteiger partial charge on any atom is 0.206 e. The zero-order chi connectivity index (χ0) is 19.7. The number of hydrogen-bond acceptors (Lipinski definition) is 5. The smallest absolute Gasteiger partial charge is 0.206 e. The Morgan fingerprint density at radius 3 is 2.68 bits per heavy atom. The van der Waals surface area contributed by atoms with E-state index < -0.39 is 11.8 Å². The molecule has 6 heteroatoms. The van der Waals surface area contributed by atoms with E-state index in [0.29, 0.717) is 17.6 Å². The van der Waals surface area contributed by atoms with Crippen LogP contribution < -0.4 is 5.32 Å². The summed E-state index contributed by atoms with van der Waals surface area (Å²) in [7, 11) is 0. The van der Waals surface area contributed by atoms with Crippen LogP contribution in [0.5, 0.6) is 0 Å². The number of aliphatic hydroxyl groups excluding tert-OH is 1. The average molecular weight is 376 g/mol. The largest absolute Gasteiger partial charge is 0.385 e. The van der Waals surface area contributed by atoms with Crippen molar-refractivity contribution < 1.29 is 10.2 Å². The van der Waals surface area contributed by atoms with Crippen LogP contribution in [0.1, 0.15) is 49.8 Å². The van der Waals surface area contributed by atoms with Crippen molar-refractivity contribution in [1.29, 1.82) is 5.26 Å². The number of nitrogens with one attached hydrogen (secondary N) is 1. The van der Waals surface area contributed by atoms with Crippen LogP contribution in [0.25, 0.3) is 11.0 Å². The highest BCUT2D eigenvalue weighted by molar-refractivity contribution is 5.80. The number of imidazole rings is 1. The number of nitriles is 1. The van der Waals surface area contributed by atoms with Crippen molar-refractivity contribution >= 4 is 17.0 Å². The Labute approximate surface area is 164 Å². The molecule has 4 rings (SSSR count). The van der Waals surface area contributed by atoms with E-state index in [0.717, 1.165) is 35.9 Å². The van der Waals surface area contributed by atoms with Crippen molar-refractivity contribution in [3.8, 4) is 6.07 Å². The van der Waals surface area contributed by atoms with Crippen LogP contribution in [0.4, 0.5) is 5.95 Å². The van der Waals surface area contributed by atoms with Crippen molar-refractivity contribution in [3.63, 3.8) is 0 Å². The molecule has 3 N–H and O–H groups in total. The number of rotatable bonds is 6. The van der Waals surface area contributed by atoms with Crippen LogP contribution in [-0.4, -0.2) is 26.0 Å². The number of anilines is 1. The van der Waals surface area contributed by atoms with E-state index in [-0.39, 0.29) is 6.42 Å². The number of nitrogens with zero attached hydrogens (tertiary/aromatic N) is 3. The maximum absolute atomic E-state index is 10.8. The molecule has 1 aliphatic carbocycles. The van der Waals surface area contributed by atoms with Crippen molar-refractivity contribution in [1.82, 2.24) is 9.55 Å². The first-order chi connectivity index (χ1) is 13.5. The first kappa shape index (κ1) is 18.5. The van der Waals surface area contributed by atoms with Gasteiger partial charge in [0.05, 0.1) is 28.3 Å². The lowest BCUT2D eigenvalue weighted by atomic mass is 9.92. The highest BCUT2D eigenvalue weighted by Gasteiger charge is 2.29. The zero-order valence-electron chi connectivity index (χ0n) is 15.8. The molecule has 0 radical (unpaired) electrons. The second-order valence-corrected chi connectivity index (χ2v) is 7.71. The first-order valence-electron chi connectivity index (χ1n) is 9.62. The van der Waals surface area contributed by atoms with Gasteiger partial charge in [0.2, 0.25) is 5.95 Å². The Morgan fingerprint density at radius 2 is 2.04 bits per heavy atom. The van der Waals surface area contributed by atoms with E-state index in [2.05, 4.69) is 20.9 Å². The van der Waals surface area contributed by atoms with E-state index in [1.165, 1.54) is 0 Å². The molecule has 1 fully saturated rings. The molecule has 2 unspecified atom stereocenters. The second kappa shape index (κ2) is 7.27. The van der Waals surface area contributed by atoms with Gasteiger partial charge in [0.25, 0.3) is 0 Å². The lowest BCUT2D eigenvalue weighted by Crippen LogP contribution is -2.33. The van der Waals surface area contributed by atoms with Crippen molar-refractivity contribution in [2.24, 2.45) is 0 Å². The summed E-state index contributed by atoms with van der Waals surface area (Å²) in [6.45, 7) is 1.70. The highest BCUT2D eigenvalue weighted by Crippen LogP contribution is 2.38. The van der Waals surface area contributed by atoms with Crippen LogP contribution in [-0.2, 0) is 5.60 Å². The van der Waals surface area contributed by atoms with Gasteiger partial charge in [0.1, 0.15) is 6.23 Å². The Hall–Kier alpha value is -2.88. The Morgan fingerprint density at radius 1 is 1.29 bits per heavy atom. The molecule has 1 aromatic heterocycles. The molecule has 0 spiro atoms. The molecule has 0 saturated heterocycles. The van der Waals surface area contributed by atoms with Gasteiger partial charge in [-0.3, -0.25) is 0 Å². The van der Waals surface area contributed by atoms with Gasteiger partial charge in [-0.05, 0) is 49.9 Å². The topological polar surface area (TPSA) is 94.1 Å². The van der Waals surface area contributed by atoms with Gasteiger partial charge >= 0.3 is 0 Å². The first-order valence-corrected chi connectivity index (χ1v) is 9.62. The van der Waals surface area contributed by atoms with Crippen LogP contribution in [0.3, 0.4) is 0 Å². The quantitative estimate of drug-likeness (QED) is 0.571. The maximum atomic E-state index is 10.8. The Bertz CT molecular complexity index is 1020. The molecular formula is C22H24N4O2. The fourth-order valence-corrected chi connectivity index (χ4v) is 3.77. The van der Waals surface area contributed by atoms with Crippen LogP contribution >= 0.6 is 0 Å². The number of hydrogen-bond donors (Lipinski definition) is 3. The zero-order valence-corrected chi connectivity index (χ0v) is 15.8. The summed E-state index contributed by atoms with van der Waals surface area (Å²) >= 11 is 0. The number of aliphatic hydroxyl groups is 2. The minimum Gasteiger partial charge on any atom is -0.385 e. The summed E-state index contributed by atoms with van der Waals surface area (Å²) in [4.78, 5) is 4.63. The third-order valence-electron chi connectivity index (χ3n) is 5.54. The summed E-state index contributed by atoms with van der Waals surface area (Å²) in [5.74, 6) is 0.575. The lowest BCUT2D eigenvalue weighted by molar-refractivity contribution is 0.00781.